The van der Waals surface area contributed by atoms with Crippen LogP contribution in [0.25, 0.3) is 44.4 Å². The molecule has 0 saturated heterocycles. The van der Waals surface area contributed by atoms with E-state index in [4.69, 9.17) is 16.3 Å². The summed E-state index contributed by atoms with van der Waals surface area (Å²) in [7, 11) is -3.25. The lowest BCUT2D eigenvalue weighted by molar-refractivity contribution is 0.0600. The second-order valence-corrected chi connectivity index (χ2v) is 12.7. The molecule has 0 saturated carbocycles. The molecule has 0 bridgehead atoms. The Kier molecular flexibility index (Phi) is 8.36. The molecule has 1 aromatic heterocycles. The first-order valence-corrected chi connectivity index (χ1v) is 15.8. The largest absolute Gasteiger partial charge is 0.465 e. The Hall–Kier alpha value is -5.37. The maximum atomic E-state index is 14.9. The SMILES string of the molecule is COC(=O)c1ccc(-c2cccc(-c3c(-c4cccc(C#N)c4)c4cc(F)ccc4n3S(=O)(=O)c3ccc(C(F)F)cc3)c2)c(Cl)c1. The molecular formula is C36H22ClF3N2O4S. The van der Waals surface area contributed by atoms with Gasteiger partial charge in [0.05, 0.1) is 40.4 Å². The maximum Gasteiger partial charge on any atom is 0.337 e. The minimum Gasteiger partial charge on any atom is -0.465 e. The van der Waals surface area contributed by atoms with Crippen LogP contribution in [0.4, 0.5) is 13.2 Å². The van der Waals surface area contributed by atoms with E-state index in [0.717, 1.165) is 34.3 Å². The number of carbonyl (C=O) groups is 1. The number of ether oxygens (including phenoxy) is 1. The summed E-state index contributed by atoms with van der Waals surface area (Å²) in [5, 5.41) is 10.1. The number of fused-ring (bicyclic) bond motifs is 1. The fraction of sp³-hybridized carbons (Fsp3) is 0.0556. The number of methoxy groups -OCH3 is 1. The first-order chi connectivity index (χ1) is 22.5. The molecule has 0 aliphatic carbocycles. The summed E-state index contributed by atoms with van der Waals surface area (Å²) in [6.07, 6.45) is -2.80. The van der Waals surface area contributed by atoms with Crippen LogP contribution < -0.4 is 0 Å². The quantitative estimate of drug-likeness (QED) is 0.158. The first kappa shape index (κ1) is 31.6. The molecule has 0 aliphatic rings. The summed E-state index contributed by atoms with van der Waals surface area (Å²) < 4.78 is 76.4. The van der Waals surface area contributed by atoms with Crippen molar-refractivity contribution >= 4 is 38.5 Å². The lowest BCUT2D eigenvalue weighted by Gasteiger charge is -2.16. The van der Waals surface area contributed by atoms with Gasteiger partial charge in [0.25, 0.3) is 16.4 Å². The smallest absolute Gasteiger partial charge is 0.337 e. The van der Waals surface area contributed by atoms with Crippen molar-refractivity contribution in [3.63, 3.8) is 0 Å². The van der Waals surface area contributed by atoms with Crippen molar-refractivity contribution in [2.75, 3.05) is 7.11 Å². The second-order valence-electron chi connectivity index (χ2n) is 10.5. The normalized spacial score (nSPS) is 11.5. The van der Waals surface area contributed by atoms with Crippen molar-refractivity contribution in [3.05, 3.63) is 137 Å². The summed E-state index contributed by atoms with van der Waals surface area (Å²) in [6, 6.07) is 28.0. The van der Waals surface area contributed by atoms with Gasteiger partial charge in [-0.15, -0.1) is 0 Å². The number of nitriles is 1. The van der Waals surface area contributed by atoms with Gasteiger partial charge in [-0.3, -0.25) is 0 Å². The van der Waals surface area contributed by atoms with Crippen molar-refractivity contribution in [1.29, 1.82) is 5.26 Å². The summed E-state index contributed by atoms with van der Waals surface area (Å²) in [6.45, 7) is 0. The van der Waals surface area contributed by atoms with Crippen LogP contribution in [0.1, 0.15) is 27.9 Å². The zero-order valence-corrected chi connectivity index (χ0v) is 26.0. The summed E-state index contributed by atoms with van der Waals surface area (Å²) in [4.78, 5) is 11.8. The summed E-state index contributed by atoms with van der Waals surface area (Å²) in [5.41, 5.74) is 2.72. The molecule has 0 spiro atoms. The van der Waals surface area contributed by atoms with Gasteiger partial charge in [-0.05, 0) is 71.8 Å². The topological polar surface area (TPSA) is 89.2 Å². The molecule has 0 atom stereocenters. The van der Waals surface area contributed by atoms with Crippen LogP contribution in [-0.2, 0) is 14.8 Å². The Labute approximate surface area is 272 Å². The molecular weight excluding hydrogens is 649 g/mol. The third kappa shape index (κ3) is 5.76. The Bertz CT molecular complexity index is 2350. The molecule has 6 rings (SSSR count). The first-order valence-electron chi connectivity index (χ1n) is 14.0. The van der Waals surface area contributed by atoms with Crippen molar-refractivity contribution in [3.8, 4) is 39.6 Å². The van der Waals surface area contributed by atoms with Crippen molar-refractivity contribution < 1.29 is 31.1 Å². The van der Waals surface area contributed by atoms with Crippen molar-refractivity contribution in [1.82, 2.24) is 3.97 Å². The van der Waals surface area contributed by atoms with E-state index in [2.05, 4.69) is 6.07 Å². The van der Waals surface area contributed by atoms with Gasteiger partial charge in [-0.25, -0.2) is 30.4 Å². The van der Waals surface area contributed by atoms with Gasteiger partial charge in [0, 0.05) is 32.7 Å². The van der Waals surface area contributed by atoms with Gasteiger partial charge < -0.3 is 4.74 Å². The minimum absolute atomic E-state index is 0.127. The molecule has 6 aromatic rings. The number of benzene rings is 5. The molecule has 11 heteroatoms. The Morgan fingerprint density at radius 1 is 0.872 bits per heavy atom. The fourth-order valence-electron chi connectivity index (χ4n) is 5.50. The number of hydrogen-bond acceptors (Lipinski definition) is 5. The third-order valence-electron chi connectivity index (χ3n) is 7.67. The maximum absolute atomic E-state index is 14.9. The lowest BCUT2D eigenvalue weighted by Crippen LogP contribution is -2.14. The highest BCUT2D eigenvalue weighted by Gasteiger charge is 2.29. The van der Waals surface area contributed by atoms with Crippen LogP contribution in [-0.4, -0.2) is 25.5 Å². The van der Waals surface area contributed by atoms with Crippen molar-refractivity contribution in [2.45, 2.75) is 11.3 Å². The van der Waals surface area contributed by atoms with E-state index in [-0.39, 0.29) is 37.6 Å². The van der Waals surface area contributed by atoms with Gasteiger partial charge in [-0.2, -0.15) is 5.26 Å². The summed E-state index contributed by atoms with van der Waals surface area (Å²) >= 11 is 6.59. The zero-order chi connectivity index (χ0) is 33.5. The van der Waals surface area contributed by atoms with Gasteiger partial charge in [0.1, 0.15) is 5.82 Å². The van der Waals surface area contributed by atoms with Gasteiger partial charge >= 0.3 is 5.97 Å². The van der Waals surface area contributed by atoms with Crippen LogP contribution in [0, 0.1) is 17.1 Å². The number of aromatic nitrogens is 1. The number of carbonyl (C=O) groups excluding carboxylic acids is 1. The highest BCUT2D eigenvalue weighted by atomic mass is 35.5. The van der Waals surface area contributed by atoms with Gasteiger partial charge in [0.15, 0.2) is 0 Å². The van der Waals surface area contributed by atoms with Gasteiger partial charge in [-0.1, -0.05) is 60.1 Å². The van der Waals surface area contributed by atoms with Crippen LogP contribution in [0.5, 0.6) is 0 Å². The number of nitrogens with zero attached hydrogens (tertiary/aromatic N) is 2. The van der Waals surface area contributed by atoms with E-state index in [9.17, 15) is 31.6 Å². The Morgan fingerprint density at radius 2 is 1.57 bits per heavy atom. The number of hydrogen-bond donors (Lipinski definition) is 0. The number of halogens is 4. The number of esters is 1. The van der Waals surface area contributed by atoms with Crippen LogP contribution in [0.2, 0.25) is 5.02 Å². The summed E-state index contributed by atoms with van der Waals surface area (Å²) in [5.74, 6) is -1.19. The zero-order valence-electron chi connectivity index (χ0n) is 24.4. The number of rotatable bonds is 7. The monoisotopic (exact) mass is 670 g/mol. The Balaban J connectivity index is 1.68. The van der Waals surface area contributed by atoms with E-state index in [1.165, 1.54) is 25.3 Å². The van der Waals surface area contributed by atoms with Crippen molar-refractivity contribution in [2.24, 2.45) is 0 Å². The molecule has 6 nitrogen and oxygen atoms in total. The van der Waals surface area contributed by atoms with Gasteiger partial charge in [0.2, 0.25) is 0 Å². The number of alkyl halides is 2. The molecule has 1 heterocycles. The molecule has 0 radical (unpaired) electrons. The van der Waals surface area contributed by atoms with Crippen LogP contribution in [0.15, 0.2) is 114 Å². The molecule has 234 valence electrons. The molecule has 0 fully saturated rings. The molecule has 0 unspecified atom stereocenters. The van der Waals surface area contributed by atoms with E-state index in [0.29, 0.717) is 33.4 Å². The average molecular weight is 671 g/mol. The predicted octanol–water partition coefficient (Wildman–Crippen LogP) is 9.27. The van der Waals surface area contributed by atoms with E-state index < -0.39 is 28.2 Å². The fourth-order valence-corrected chi connectivity index (χ4v) is 7.34. The van der Waals surface area contributed by atoms with Crippen LogP contribution >= 0.6 is 11.6 Å². The molecule has 47 heavy (non-hydrogen) atoms. The van der Waals surface area contributed by atoms with E-state index in [1.54, 1.807) is 60.7 Å². The molecule has 5 aromatic carbocycles. The predicted molar refractivity (Wildman–Crippen MR) is 173 cm³/mol. The van der Waals surface area contributed by atoms with E-state index >= 15 is 0 Å². The lowest BCUT2D eigenvalue weighted by atomic mass is 9.95. The molecule has 0 N–H and O–H groups in total. The standard InChI is InChI=1S/C36H22ClF3N2O4S/c1-46-36(43)26-10-14-29(31(37)18-26)23-5-3-7-25(17-23)34-33(24-6-2-4-21(16-24)20-41)30-19-27(38)11-15-32(30)42(34)47(44,45)28-12-8-22(9-13-28)35(39)40/h2-19,35H,1H3. The average Bonchev–Trinajstić information content (AvgIpc) is 3.43. The highest BCUT2D eigenvalue weighted by Crippen LogP contribution is 2.44. The molecule has 0 aliphatic heterocycles. The second kappa shape index (κ2) is 12.4. The third-order valence-corrected chi connectivity index (χ3v) is 9.72. The van der Waals surface area contributed by atoms with E-state index in [1.807, 2.05) is 0 Å². The Morgan fingerprint density at radius 3 is 2.26 bits per heavy atom. The van der Waals surface area contributed by atoms with Crippen LogP contribution in [0.3, 0.4) is 0 Å². The highest BCUT2D eigenvalue weighted by molar-refractivity contribution is 7.90. The minimum atomic E-state index is -4.50. The molecule has 0 amide bonds.